The minimum atomic E-state index is -0.421. The molecule has 26 heavy (non-hydrogen) atoms. The van der Waals surface area contributed by atoms with Crippen LogP contribution >= 0.6 is 0 Å². The van der Waals surface area contributed by atoms with E-state index in [1.807, 2.05) is 18.2 Å². The quantitative estimate of drug-likeness (QED) is 0.479. The smallest absolute Gasteiger partial charge is 0.337 e. The number of esters is 1. The van der Waals surface area contributed by atoms with Gasteiger partial charge in [-0.2, -0.15) is 0 Å². The van der Waals surface area contributed by atoms with E-state index in [-0.39, 0.29) is 18.2 Å². The van der Waals surface area contributed by atoms with Gasteiger partial charge in [0.15, 0.2) is 12.4 Å². The zero-order chi connectivity index (χ0) is 18.7. The first kappa shape index (κ1) is 17.7. The van der Waals surface area contributed by atoms with Crippen LogP contribution in [0, 0.1) is 0 Å². The fourth-order valence-electron chi connectivity index (χ4n) is 2.58. The second-order valence-corrected chi connectivity index (χ2v) is 6.29. The number of ether oxygens (including phenoxy) is 2. The molecule has 1 aromatic heterocycles. The third-order valence-corrected chi connectivity index (χ3v) is 4.13. The number of furan rings is 1. The predicted molar refractivity (Wildman–Crippen MR) is 97.9 cm³/mol. The Morgan fingerprint density at radius 1 is 1.04 bits per heavy atom. The molecule has 0 unspecified atom stereocenters. The van der Waals surface area contributed by atoms with Gasteiger partial charge in [-0.25, -0.2) is 4.79 Å². The largest absolute Gasteiger partial charge is 0.485 e. The van der Waals surface area contributed by atoms with Crippen molar-refractivity contribution in [2.24, 2.45) is 0 Å². The van der Waals surface area contributed by atoms with Crippen LogP contribution in [0.4, 0.5) is 0 Å². The van der Waals surface area contributed by atoms with Crippen molar-refractivity contribution in [3.63, 3.8) is 0 Å². The third-order valence-electron chi connectivity index (χ3n) is 4.13. The number of fused-ring (bicyclic) bond motifs is 1. The highest BCUT2D eigenvalue weighted by molar-refractivity contribution is 5.98. The molecule has 0 aliphatic rings. The first-order chi connectivity index (χ1) is 12.5. The van der Waals surface area contributed by atoms with E-state index in [0.717, 1.165) is 5.39 Å². The normalized spacial score (nSPS) is 10.9. The van der Waals surface area contributed by atoms with Crippen LogP contribution in [0.5, 0.6) is 5.75 Å². The van der Waals surface area contributed by atoms with E-state index in [9.17, 15) is 9.59 Å². The molecule has 2 aromatic carbocycles. The van der Waals surface area contributed by atoms with E-state index in [2.05, 4.69) is 18.6 Å². The Hall–Kier alpha value is -3.08. The van der Waals surface area contributed by atoms with Gasteiger partial charge in [-0.3, -0.25) is 4.79 Å². The summed E-state index contributed by atoms with van der Waals surface area (Å²) in [6.45, 7) is 4.09. The molecule has 0 saturated carbocycles. The van der Waals surface area contributed by atoms with Crippen molar-refractivity contribution < 1.29 is 23.5 Å². The van der Waals surface area contributed by atoms with Crippen LogP contribution in [0.3, 0.4) is 0 Å². The van der Waals surface area contributed by atoms with Gasteiger partial charge in [0, 0.05) is 5.39 Å². The number of hydrogen-bond donors (Lipinski definition) is 0. The highest BCUT2D eigenvalue weighted by Crippen LogP contribution is 2.25. The molecule has 0 bridgehead atoms. The molecule has 5 heteroatoms. The van der Waals surface area contributed by atoms with E-state index in [0.29, 0.717) is 22.8 Å². The SMILES string of the molecule is COC(=O)c1ccc(OCC(=O)c2cc3cc(C(C)C)ccc3o2)cc1. The molecule has 0 spiro atoms. The van der Waals surface area contributed by atoms with Crippen LogP contribution in [0.1, 0.15) is 46.2 Å². The number of ketones is 1. The van der Waals surface area contributed by atoms with Crippen molar-refractivity contribution in [1.29, 1.82) is 0 Å². The van der Waals surface area contributed by atoms with E-state index >= 15 is 0 Å². The van der Waals surface area contributed by atoms with Gasteiger partial charge in [0.25, 0.3) is 0 Å². The Morgan fingerprint density at radius 2 is 1.77 bits per heavy atom. The molecule has 0 saturated heterocycles. The number of Topliss-reactive ketones (excluding diaryl/α,β-unsaturated/α-hetero) is 1. The van der Waals surface area contributed by atoms with Gasteiger partial charge in [0.05, 0.1) is 12.7 Å². The number of rotatable bonds is 6. The topological polar surface area (TPSA) is 65.7 Å². The minimum absolute atomic E-state index is 0.144. The standard InChI is InChI=1S/C21H20O5/c1-13(2)15-6-9-19-16(10-15)11-20(26-19)18(22)12-25-17-7-4-14(5-8-17)21(23)24-3/h4-11,13H,12H2,1-3H3. The lowest BCUT2D eigenvalue weighted by Gasteiger charge is -2.05. The maximum Gasteiger partial charge on any atom is 0.337 e. The summed E-state index contributed by atoms with van der Waals surface area (Å²) < 4.78 is 15.8. The van der Waals surface area contributed by atoms with Gasteiger partial charge >= 0.3 is 5.97 Å². The fraction of sp³-hybridized carbons (Fsp3) is 0.238. The number of hydrogen-bond acceptors (Lipinski definition) is 5. The third kappa shape index (κ3) is 3.77. The predicted octanol–water partition coefficient (Wildman–Crippen LogP) is 4.60. The molecular formula is C21H20O5. The lowest BCUT2D eigenvalue weighted by Crippen LogP contribution is -2.10. The van der Waals surface area contributed by atoms with Gasteiger partial charge < -0.3 is 13.9 Å². The molecule has 0 atom stereocenters. The molecule has 0 fully saturated rings. The summed E-state index contributed by atoms with van der Waals surface area (Å²) in [5, 5.41) is 0.905. The summed E-state index contributed by atoms with van der Waals surface area (Å²) in [5.74, 6) is 0.501. The number of methoxy groups -OCH3 is 1. The maximum absolute atomic E-state index is 12.3. The summed E-state index contributed by atoms with van der Waals surface area (Å²) in [6, 6.07) is 14.1. The van der Waals surface area contributed by atoms with E-state index < -0.39 is 5.97 Å². The van der Waals surface area contributed by atoms with E-state index in [1.165, 1.54) is 12.7 Å². The lowest BCUT2D eigenvalue weighted by atomic mass is 10.0. The van der Waals surface area contributed by atoms with Crippen molar-refractivity contribution in [2.75, 3.05) is 13.7 Å². The van der Waals surface area contributed by atoms with Crippen molar-refractivity contribution in [3.05, 3.63) is 65.4 Å². The van der Waals surface area contributed by atoms with Gasteiger partial charge in [-0.15, -0.1) is 0 Å². The number of carbonyl (C=O) groups excluding carboxylic acids is 2. The van der Waals surface area contributed by atoms with Crippen LogP contribution in [-0.2, 0) is 4.74 Å². The van der Waals surface area contributed by atoms with Gasteiger partial charge in [-0.1, -0.05) is 19.9 Å². The van der Waals surface area contributed by atoms with Gasteiger partial charge in [0.1, 0.15) is 11.3 Å². The average Bonchev–Trinajstić information content (AvgIpc) is 3.09. The molecule has 1 heterocycles. The number of benzene rings is 2. The molecule has 0 N–H and O–H groups in total. The second kappa shape index (κ2) is 7.44. The van der Waals surface area contributed by atoms with E-state index in [1.54, 1.807) is 30.3 Å². The van der Waals surface area contributed by atoms with E-state index in [4.69, 9.17) is 9.15 Å². The molecule has 0 aliphatic heterocycles. The molecule has 5 nitrogen and oxygen atoms in total. The van der Waals surface area contributed by atoms with Crippen molar-refractivity contribution in [3.8, 4) is 5.75 Å². The molecule has 134 valence electrons. The summed E-state index contributed by atoms with van der Waals surface area (Å²) in [6.07, 6.45) is 0. The number of carbonyl (C=O) groups is 2. The fourth-order valence-corrected chi connectivity index (χ4v) is 2.58. The Labute approximate surface area is 151 Å². The monoisotopic (exact) mass is 352 g/mol. The van der Waals surface area contributed by atoms with Gasteiger partial charge in [-0.05, 0) is 53.9 Å². The molecule has 0 aliphatic carbocycles. The maximum atomic E-state index is 12.3. The lowest BCUT2D eigenvalue weighted by molar-refractivity contribution is 0.0600. The molecule has 3 aromatic rings. The van der Waals surface area contributed by atoms with Crippen LogP contribution in [0.25, 0.3) is 11.0 Å². The average molecular weight is 352 g/mol. The zero-order valence-corrected chi connectivity index (χ0v) is 14.9. The van der Waals surface area contributed by atoms with Crippen LogP contribution < -0.4 is 4.74 Å². The Balaban J connectivity index is 1.68. The first-order valence-electron chi connectivity index (χ1n) is 8.36. The van der Waals surface area contributed by atoms with Crippen molar-refractivity contribution >= 4 is 22.7 Å². The Bertz CT molecular complexity index is 935. The highest BCUT2D eigenvalue weighted by Gasteiger charge is 2.14. The van der Waals surface area contributed by atoms with Crippen LogP contribution in [-0.4, -0.2) is 25.5 Å². The Morgan fingerprint density at radius 3 is 2.42 bits per heavy atom. The van der Waals surface area contributed by atoms with Crippen LogP contribution in [0.2, 0.25) is 0 Å². The molecule has 0 amide bonds. The Kier molecular flexibility index (Phi) is 5.07. The van der Waals surface area contributed by atoms with Crippen molar-refractivity contribution in [1.82, 2.24) is 0 Å². The zero-order valence-electron chi connectivity index (χ0n) is 14.9. The summed E-state index contributed by atoms with van der Waals surface area (Å²) in [5.41, 5.74) is 2.30. The molecule has 0 radical (unpaired) electrons. The highest BCUT2D eigenvalue weighted by atomic mass is 16.5. The molecular weight excluding hydrogens is 332 g/mol. The summed E-state index contributed by atoms with van der Waals surface area (Å²) >= 11 is 0. The molecule has 3 rings (SSSR count). The van der Waals surface area contributed by atoms with Crippen molar-refractivity contribution in [2.45, 2.75) is 19.8 Å². The van der Waals surface area contributed by atoms with Gasteiger partial charge in [0.2, 0.25) is 5.78 Å². The summed E-state index contributed by atoms with van der Waals surface area (Å²) in [4.78, 5) is 23.7. The first-order valence-corrected chi connectivity index (χ1v) is 8.36. The second-order valence-electron chi connectivity index (χ2n) is 6.29. The van der Waals surface area contributed by atoms with Crippen LogP contribution in [0.15, 0.2) is 52.9 Å². The summed E-state index contributed by atoms with van der Waals surface area (Å²) in [7, 11) is 1.32. The minimum Gasteiger partial charge on any atom is -0.485 e.